The third-order valence-electron chi connectivity index (χ3n) is 6.46. The first-order valence-corrected chi connectivity index (χ1v) is 13.6. The van der Waals surface area contributed by atoms with E-state index in [9.17, 15) is 14.9 Å². The SMILES string of the molecule is CCOc1cc(C)c(-c2nc3ccccc3c(=O)n2N=Cc2cccc([N+](=O)[O-])c2OCC(C)(C)C)cc1C(C)C. The summed E-state index contributed by atoms with van der Waals surface area (Å²) in [6.07, 6.45) is 1.42. The molecule has 0 aliphatic carbocycles. The maximum Gasteiger partial charge on any atom is 0.311 e. The quantitative estimate of drug-likeness (QED) is 0.123. The van der Waals surface area contributed by atoms with Gasteiger partial charge < -0.3 is 9.47 Å². The van der Waals surface area contributed by atoms with Crippen LogP contribution in [0.15, 0.2) is 64.5 Å². The summed E-state index contributed by atoms with van der Waals surface area (Å²) in [5, 5.41) is 16.8. The van der Waals surface area contributed by atoms with Crippen molar-refractivity contribution in [2.45, 2.75) is 54.4 Å². The molecule has 0 unspecified atom stereocenters. The number of benzene rings is 3. The standard InChI is InChI=1S/C32H36N4O5/c1-8-40-28-16-21(4)25(17-24(28)20(2)3)30-34-26-14-10-9-13-23(26)31(37)35(30)33-18-22-12-11-15-27(36(38)39)29(22)41-19-32(5,6)7/h9-18,20H,8,19H2,1-7H3. The van der Waals surface area contributed by atoms with Gasteiger partial charge in [-0.25, -0.2) is 4.98 Å². The lowest BCUT2D eigenvalue weighted by Gasteiger charge is -2.19. The number of nitro groups is 1. The molecular weight excluding hydrogens is 520 g/mol. The van der Waals surface area contributed by atoms with E-state index in [1.807, 2.05) is 52.8 Å². The van der Waals surface area contributed by atoms with Crippen molar-refractivity contribution in [3.05, 3.63) is 91.8 Å². The molecule has 1 heterocycles. The smallest absolute Gasteiger partial charge is 0.311 e. The molecule has 41 heavy (non-hydrogen) atoms. The van der Waals surface area contributed by atoms with Gasteiger partial charge in [-0.15, -0.1) is 0 Å². The van der Waals surface area contributed by atoms with Crippen molar-refractivity contribution in [1.29, 1.82) is 0 Å². The molecule has 4 rings (SSSR count). The van der Waals surface area contributed by atoms with Crippen LogP contribution < -0.4 is 15.0 Å². The predicted molar refractivity (Wildman–Crippen MR) is 162 cm³/mol. The monoisotopic (exact) mass is 556 g/mol. The van der Waals surface area contributed by atoms with Gasteiger partial charge in [0.15, 0.2) is 5.82 Å². The van der Waals surface area contributed by atoms with Crippen molar-refractivity contribution in [3.8, 4) is 22.9 Å². The van der Waals surface area contributed by atoms with Crippen molar-refractivity contribution in [2.75, 3.05) is 13.2 Å². The highest BCUT2D eigenvalue weighted by Gasteiger charge is 2.22. The average molecular weight is 557 g/mol. The van der Waals surface area contributed by atoms with Gasteiger partial charge in [-0.05, 0) is 66.6 Å². The molecule has 0 aliphatic heterocycles. The van der Waals surface area contributed by atoms with Crippen molar-refractivity contribution in [3.63, 3.8) is 0 Å². The summed E-state index contributed by atoms with van der Waals surface area (Å²) in [6, 6.07) is 15.7. The molecule has 0 spiro atoms. The third kappa shape index (κ3) is 6.45. The van der Waals surface area contributed by atoms with Crippen LogP contribution in [0.4, 0.5) is 5.69 Å². The molecule has 0 radical (unpaired) electrons. The summed E-state index contributed by atoms with van der Waals surface area (Å²) in [7, 11) is 0. The normalized spacial score (nSPS) is 11.9. The summed E-state index contributed by atoms with van der Waals surface area (Å²) in [5.41, 5.74) is 2.75. The highest BCUT2D eigenvalue weighted by atomic mass is 16.6. The van der Waals surface area contributed by atoms with E-state index in [1.54, 1.807) is 30.3 Å². The second-order valence-corrected chi connectivity index (χ2v) is 11.4. The zero-order valence-corrected chi connectivity index (χ0v) is 24.6. The maximum absolute atomic E-state index is 13.8. The molecule has 0 bridgehead atoms. The number of fused-ring (bicyclic) bond motifs is 1. The van der Waals surface area contributed by atoms with Crippen LogP contribution in [-0.4, -0.2) is 34.0 Å². The maximum atomic E-state index is 13.8. The van der Waals surface area contributed by atoms with Gasteiger partial charge in [0.2, 0.25) is 5.75 Å². The van der Waals surface area contributed by atoms with Gasteiger partial charge in [0.05, 0.1) is 35.3 Å². The Labute approximate surface area is 239 Å². The van der Waals surface area contributed by atoms with Gasteiger partial charge in [0, 0.05) is 17.2 Å². The van der Waals surface area contributed by atoms with E-state index < -0.39 is 4.92 Å². The fourth-order valence-electron chi connectivity index (χ4n) is 4.43. The second-order valence-electron chi connectivity index (χ2n) is 11.4. The molecule has 0 aliphatic rings. The number of aryl methyl sites for hydroxylation is 1. The Balaban J connectivity index is 1.95. The van der Waals surface area contributed by atoms with E-state index in [0.29, 0.717) is 28.9 Å². The van der Waals surface area contributed by atoms with Crippen LogP contribution in [-0.2, 0) is 0 Å². The molecule has 3 aromatic carbocycles. The van der Waals surface area contributed by atoms with Crippen LogP contribution in [0.1, 0.15) is 64.2 Å². The van der Waals surface area contributed by atoms with Crippen molar-refractivity contribution in [2.24, 2.45) is 10.5 Å². The third-order valence-corrected chi connectivity index (χ3v) is 6.46. The lowest BCUT2D eigenvalue weighted by atomic mass is 9.96. The van der Waals surface area contributed by atoms with Crippen LogP contribution in [0.25, 0.3) is 22.3 Å². The highest BCUT2D eigenvalue weighted by molar-refractivity contribution is 5.86. The van der Waals surface area contributed by atoms with Crippen molar-refractivity contribution in [1.82, 2.24) is 9.66 Å². The molecule has 4 aromatic rings. The molecule has 9 nitrogen and oxygen atoms in total. The van der Waals surface area contributed by atoms with Gasteiger partial charge in [0.1, 0.15) is 5.75 Å². The molecule has 0 atom stereocenters. The minimum absolute atomic E-state index is 0.0962. The number of rotatable bonds is 9. The average Bonchev–Trinajstić information content (AvgIpc) is 2.91. The minimum Gasteiger partial charge on any atom is -0.494 e. The fourth-order valence-corrected chi connectivity index (χ4v) is 4.43. The Morgan fingerprint density at radius 2 is 1.83 bits per heavy atom. The number of hydrogen-bond donors (Lipinski definition) is 0. The van der Waals surface area contributed by atoms with Crippen LogP contribution >= 0.6 is 0 Å². The molecule has 0 N–H and O–H groups in total. The van der Waals surface area contributed by atoms with E-state index in [2.05, 4.69) is 18.9 Å². The number of nitrogens with zero attached hydrogens (tertiary/aromatic N) is 4. The summed E-state index contributed by atoms with van der Waals surface area (Å²) < 4.78 is 13.1. The molecule has 0 fully saturated rings. The number of ether oxygens (including phenoxy) is 2. The molecule has 0 saturated heterocycles. The summed E-state index contributed by atoms with van der Waals surface area (Å²) >= 11 is 0. The Bertz CT molecular complexity index is 1680. The molecule has 1 aromatic heterocycles. The summed E-state index contributed by atoms with van der Waals surface area (Å²) in [6.45, 7) is 14.8. The predicted octanol–water partition coefficient (Wildman–Crippen LogP) is 7.11. The van der Waals surface area contributed by atoms with E-state index >= 15 is 0 Å². The van der Waals surface area contributed by atoms with Crippen LogP contribution in [0.5, 0.6) is 11.5 Å². The number of hydrogen-bond acceptors (Lipinski definition) is 7. The van der Waals surface area contributed by atoms with Gasteiger partial charge in [0.25, 0.3) is 5.56 Å². The first kappa shape index (κ1) is 29.5. The minimum atomic E-state index is -0.485. The van der Waals surface area contributed by atoms with E-state index in [0.717, 1.165) is 22.4 Å². The number of para-hydroxylation sites is 2. The molecule has 0 saturated carbocycles. The molecule has 214 valence electrons. The van der Waals surface area contributed by atoms with Gasteiger partial charge in [-0.2, -0.15) is 9.78 Å². The second kappa shape index (κ2) is 11.9. The lowest BCUT2D eigenvalue weighted by molar-refractivity contribution is -0.386. The van der Waals surface area contributed by atoms with Crippen molar-refractivity contribution < 1.29 is 14.4 Å². The Hall–Kier alpha value is -4.53. The Morgan fingerprint density at radius 3 is 2.49 bits per heavy atom. The zero-order chi connectivity index (χ0) is 29.9. The van der Waals surface area contributed by atoms with Crippen LogP contribution in [0, 0.1) is 22.5 Å². The van der Waals surface area contributed by atoms with Crippen LogP contribution in [0.2, 0.25) is 0 Å². The zero-order valence-electron chi connectivity index (χ0n) is 24.6. The van der Waals surface area contributed by atoms with Crippen LogP contribution in [0.3, 0.4) is 0 Å². The van der Waals surface area contributed by atoms with Gasteiger partial charge in [-0.1, -0.05) is 52.8 Å². The summed E-state index contributed by atoms with van der Waals surface area (Å²) in [4.78, 5) is 30.0. The number of nitro benzene ring substituents is 1. The lowest BCUT2D eigenvalue weighted by Crippen LogP contribution is -2.21. The van der Waals surface area contributed by atoms with Gasteiger partial charge in [-0.3, -0.25) is 14.9 Å². The van der Waals surface area contributed by atoms with E-state index in [1.165, 1.54) is 17.0 Å². The summed E-state index contributed by atoms with van der Waals surface area (Å²) in [5.74, 6) is 1.40. The highest BCUT2D eigenvalue weighted by Crippen LogP contribution is 2.35. The van der Waals surface area contributed by atoms with Gasteiger partial charge >= 0.3 is 5.69 Å². The fraction of sp³-hybridized carbons (Fsp3) is 0.344. The Morgan fingerprint density at radius 1 is 1.10 bits per heavy atom. The molecular formula is C32H36N4O5. The van der Waals surface area contributed by atoms with E-state index in [4.69, 9.17) is 14.5 Å². The largest absolute Gasteiger partial charge is 0.494 e. The Kier molecular flexibility index (Phi) is 8.56. The van der Waals surface area contributed by atoms with E-state index in [-0.39, 0.29) is 34.9 Å². The number of aromatic nitrogens is 2. The first-order valence-electron chi connectivity index (χ1n) is 13.6. The van der Waals surface area contributed by atoms with Crippen molar-refractivity contribution >= 4 is 22.8 Å². The molecule has 0 amide bonds. The molecule has 9 heteroatoms. The first-order chi connectivity index (χ1) is 19.4. The topological polar surface area (TPSA) is 109 Å².